The molecule has 0 aliphatic carbocycles. The third kappa shape index (κ3) is 6.69. The molecule has 0 saturated heterocycles. The first-order valence-corrected chi connectivity index (χ1v) is 11.6. The van der Waals surface area contributed by atoms with Crippen LogP contribution in [0.15, 0.2) is 70.7 Å². The zero-order valence-electron chi connectivity index (χ0n) is 18.9. The Kier molecular flexibility index (Phi) is 8.83. The van der Waals surface area contributed by atoms with Gasteiger partial charge >= 0.3 is 0 Å². The topological polar surface area (TPSA) is 71.3 Å². The van der Waals surface area contributed by atoms with Crippen molar-refractivity contribution in [2.24, 2.45) is 0 Å². The first-order chi connectivity index (χ1) is 16.4. The van der Waals surface area contributed by atoms with Crippen LogP contribution in [0.25, 0.3) is 6.08 Å². The first-order valence-electron chi connectivity index (χ1n) is 10.8. The minimum atomic E-state index is -0.507. The van der Waals surface area contributed by atoms with Crippen LogP contribution in [-0.4, -0.2) is 12.5 Å². The summed E-state index contributed by atoms with van der Waals surface area (Å²) in [5.74, 6) is 0.0381. The molecule has 0 aliphatic heterocycles. The van der Waals surface area contributed by atoms with Crippen LogP contribution in [0.3, 0.4) is 0 Å². The van der Waals surface area contributed by atoms with Crippen LogP contribution >= 0.6 is 15.9 Å². The smallest absolute Gasteiger partial charge is 0.266 e. The van der Waals surface area contributed by atoms with Gasteiger partial charge in [-0.05, 0) is 88.4 Å². The Morgan fingerprint density at radius 2 is 1.85 bits per heavy atom. The summed E-state index contributed by atoms with van der Waals surface area (Å²) in [4.78, 5) is 12.7. The molecule has 0 radical (unpaired) electrons. The zero-order valence-corrected chi connectivity index (χ0v) is 20.5. The molecule has 0 spiro atoms. The number of nitrogens with zero attached hydrogens (tertiary/aromatic N) is 1. The van der Waals surface area contributed by atoms with E-state index in [1.54, 1.807) is 36.4 Å². The fourth-order valence-electron chi connectivity index (χ4n) is 3.19. The number of nitrogens with one attached hydrogen (secondary N) is 1. The third-order valence-corrected chi connectivity index (χ3v) is 5.49. The summed E-state index contributed by atoms with van der Waals surface area (Å²) in [7, 11) is 0. The van der Waals surface area contributed by atoms with E-state index in [-0.39, 0.29) is 18.0 Å². The SMILES string of the molecule is CCOc1cc(/C=C(\C#N)C(=O)Nc2ccc(CC)cc2)cc(Br)c1OCc1cccc(F)c1. The van der Waals surface area contributed by atoms with Crippen molar-refractivity contribution in [2.45, 2.75) is 26.9 Å². The quantitative estimate of drug-likeness (QED) is 0.251. The van der Waals surface area contributed by atoms with Gasteiger partial charge in [-0.1, -0.05) is 31.2 Å². The molecule has 0 aromatic heterocycles. The number of carbonyl (C=O) groups excluding carboxylic acids is 1. The van der Waals surface area contributed by atoms with Crippen molar-refractivity contribution in [3.05, 3.63) is 93.2 Å². The van der Waals surface area contributed by atoms with E-state index >= 15 is 0 Å². The molecule has 7 heteroatoms. The number of ether oxygens (including phenoxy) is 2. The molecular formula is C27H24BrFN2O3. The fourth-order valence-corrected chi connectivity index (χ4v) is 3.77. The van der Waals surface area contributed by atoms with Crippen molar-refractivity contribution in [1.29, 1.82) is 5.26 Å². The van der Waals surface area contributed by atoms with Gasteiger partial charge < -0.3 is 14.8 Å². The average Bonchev–Trinajstić information content (AvgIpc) is 2.82. The number of aryl methyl sites for hydroxylation is 1. The summed E-state index contributed by atoms with van der Waals surface area (Å²) >= 11 is 3.48. The minimum Gasteiger partial charge on any atom is -0.490 e. The van der Waals surface area contributed by atoms with E-state index in [1.807, 2.05) is 25.1 Å². The standard InChI is InChI=1S/C27H24BrFN2O3/c1-3-18-8-10-23(11-9-18)31-27(32)21(16-30)12-20-14-24(28)26(25(15-20)33-4-2)34-17-19-6-5-7-22(29)13-19/h5-15H,3-4,17H2,1-2H3,(H,31,32)/b21-12+. The summed E-state index contributed by atoms with van der Waals surface area (Å²) in [6.45, 7) is 4.42. The lowest BCUT2D eigenvalue weighted by Crippen LogP contribution is -2.13. The number of rotatable bonds is 9. The molecule has 1 N–H and O–H groups in total. The van der Waals surface area contributed by atoms with E-state index in [4.69, 9.17) is 9.47 Å². The molecule has 3 aromatic rings. The van der Waals surface area contributed by atoms with Gasteiger partial charge in [0.2, 0.25) is 0 Å². The molecule has 0 fully saturated rings. The Morgan fingerprint density at radius 1 is 1.09 bits per heavy atom. The highest BCUT2D eigenvalue weighted by atomic mass is 79.9. The summed E-state index contributed by atoms with van der Waals surface area (Å²) in [5, 5.41) is 12.3. The summed E-state index contributed by atoms with van der Waals surface area (Å²) in [6.07, 6.45) is 2.38. The second-order valence-electron chi connectivity index (χ2n) is 7.36. The van der Waals surface area contributed by atoms with Crippen LogP contribution in [-0.2, 0) is 17.8 Å². The lowest BCUT2D eigenvalue weighted by Gasteiger charge is -2.15. The highest BCUT2D eigenvalue weighted by molar-refractivity contribution is 9.10. The molecule has 5 nitrogen and oxygen atoms in total. The summed E-state index contributed by atoms with van der Waals surface area (Å²) in [5.41, 5.74) is 2.97. The van der Waals surface area contributed by atoms with Crippen LogP contribution < -0.4 is 14.8 Å². The number of carbonyl (C=O) groups is 1. The van der Waals surface area contributed by atoms with Gasteiger partial charge in [0.25, 0.3) is 5.91 Å². The maximum absolute atomic E-state index is 13.5. The molecule has 0 bridgehead atoms. The Labute approximate surface area is 207 Å². The number of anilines is 1. The van der Waals surface area contributed by atoms with Crippen LogP contribution in [0.4, 0.5) is 10.1 Å². The molecule has 3 aromatic carbocycles. The van der Waals surface area contributed by atoms with Gasteiger partial charge in [-0.15, -0.1) is 0 Å². The monoisotopic (exact) mass is 522 g/mol. The second kappa shape index (κ2) is 12.0. The number of benzene rings is 3. The fraction of sp³-hybridized carbons (Fsp3) is 0.185. The number of halogens is 2. The van der Waals surface area contributed by atoms with Crippen molar-refractivity contribution in [3.63, 3.8) is 0 Å². The lowest BCUT2D eigenvalue weighted by molar-refractivity contribution is -0.112. The van der Waals surface area contributed by atoms with Crippen LogP contribution in [0.1, 0.15) is 30.5 Å². The number of amides is 1. The molecule has 0 unspecified atom stereocenters. The van der Waals surface area contributed by atoms with Gasteiger partial charge in [0.05, 0.1) is 11.1 Å². The van der Waals surface area contributed by atoms with Crippen molar-refractivity contribution >= 4 is 33.6 Å². The predicted octanol–water partition coefficient (Wildman–Crippen LogP) is 6.67. The molecule has 0 aliphatic rings. The Hall–Kier alpha value is -3.63. The molecule has 0 saturated carbocycles. The number of hydrogen-bond donors (Lipinski definition) is 1. The average molecular weight is 523 g/mol. The maximum Gasteiger partial charge on any atom is 0.266 e. The first kappa shape index (κ1) is 25.0. The molecule has 0 atom stereocenters. The molecule has 34 heavy (non-hydrogen) atoms. The lowest BCUT2D eigenvalue weighted by atomic mass is 10.1. The van der Waals surface area contributed by atoms with Crippen LogP contribution in [0.2, 0.25) is 0 Å². The maximum atomic E-state index is 13.5. The van der Waals surface area contributed by atoms with Crippen molar-refractivity contribution in [3.8, 4) is 17.6 Å². The van der Waals surface area contributed by atoms with E-state index in [2.05, 4.69) is 28.2 Å². The largest absolute Gasteiger partial charge is 0.490 e. The zero-order chi connectivity index (χ0) is 24.5. The Bertz CT molecular complexity index is 1230. The molecule has 3 rings (SSSR count). The predicted molar refractivity (Wildman–Crippen MR) is 134 cm³/mol. The van der Waals surface area contributed by atoms with E-state index in [9.17, 15) is 14.4 Å². The van der Waals surface area contributed by atoms with Gasteiger partial charge in [-0.25, -0.2) is 4.39 Å². The molecular weight excluding hydrogens is 499 g/mol. The summed E-state index contributed by atoms with van der Waals surface area (Å²) < 4.78 is 25.7. The van der Waals surface area contributed by atoms with E-state index in [1.165, 1.54) is 18.2 Å². The van der Waals surface area contributed by atoms with Gasteiger partial charge in [0, 0.05) is 5.69 Å². The minimum absolute atomic E-state index is 0.0534. The number of hydrogen-bond acceptors (Lipinski definition) is 4. The van der Waals surface area contributed by atoms with Crippen molar-refractivity contribution in [1.82, 2.24) is 0 Å². The van der Waals surface area contributed by atoms with Crippen LogP contribution in [0, 0.1) is 17.1 Å². The molecule has 1 amide bonds. The number of nitriles is 1. The Balaban J connectivity index is 1.82. The normalized spacial score (nSPS) is 11.0. The third-order valence-electron chi connectivity index (χ3n) is 4.90. The van der Waals surface area contributed by atoms with E-state index in [0.717, 1.165) is 12.0 Å². The van der Waals surface area contributed by atoms with E-state index in [0.29, 0.717) is 39.4 Å². The summed E-state index contributed by atoms with van der Waals surface area (Å²) in [6, 6.07) is 19.0. The van der Waals surface area contributed by atoms with Gasteiger partial charge in [-0.2, -0.15) is 5.26 Å². The van der Waals surface area contributed by atoms with Crippen molar-refractivity contribution < 1.29 is 18.7 Å². The van der Waals surface area contributed by atoms with Gasteiger partial charge in [0.15, 0.2) is 11.5 Å². The molecule has 174 valence electrons. The molecule has 0 heterocycles. The van der Waals surface area contributed by atoms with Crippen molar-refractivity contribution in [2.75, 3.05) is 11.9 Å². The van der Waals surface area contributed by atoms with Crippen LogP contribution in [0.5, 0.6) is 11.5 Å². The Morgan fingerprint density at radius 3 is 2.50 bits per heavy atom. The highest BCUT2D eigenvalue weighted by Gasteiger charge is 2.15. The van der Waals surface area contributed by atoms with Gasteiger partial charge in [0.1, 0.15) is 24.1 Å². The van der Waals surface area contributed by atoms with E-state index < -0.39 is 5.91 Å². The second-order valence-corrected chi connectivity index (χ2v) is 8.21. The van der Waals surface area contributed by atoms with Gasteiger partial charge in [-0.3, -0.25) is 4.79 Å². The highest BCUT2D eigenvalue weighted by Crippen LogP contribution is 2.38.